The van der Waals surface area contributed by atoms with E-state index in [0.29, 0.717) is 12.8 Å². The minimum absolute atomic E-state index is 0.107. The smallest absolute Gasteiger partial charge is 0.309 e. The van der Waals surface area contributed by atoms with Crippen LogP contribution < -0.4 is 0 Å². The van der Waals surface area contributed by atoms with Gasteiger partial charge in [0.1, 0.15) is 13.2 Å². The van der Waals surface area contributed by atoms with E-state index in [1.807, 2.05) is 6.08 Å². The number of carbonyl (C=O) groups excluding carboxylic acids is 3. The minimum Gasteiger partial charge on any atom is -0.462 e. The van der Waals surface area contributed by atoms with Crippen LogP contribution in [0.2, 0.25) is 0 Å². The van der Waals surface area contributed by atoms with E-state index in [1.165, 1.54) is 89.9 Å². The molecule has 0 aromatic carbocycles. The highest BCUT2D eigenvalue weighted by Gasteiger charge is 2.19. The van der Waals surface area contributed by atoms with Crippen LogP contribution in [0.3, 0.4) is 0 Å². The highest BCUT2D eigenvalue weighted by Crippen LogP contribution is 2.14. The van der Waals surface area contributed by atoms with Crippen LogP contribution in [0, 0.1) is 0 Å². The summed E-state index contributed by atoms with van der Waals surface area (Å²) in [6.45, 7) is 6.25. The van der Waals surface area contributed by atoms with E-state index in [0.717, 1.165) is 103 Å². The molecule has 6 heteroatoms. The van der Waals surface area contributed by atoms with Crippen molar-refractivity contribution in [2.75, 3.05) is 13.2 Å². The summed E-state index contributed by atoms with van der Waals surface area (Å²) in [6, 6.07) is 0. The first kappa shape index (κ1) is 70.0. The van der Waals surface area contributed by atoms with Gasteiger partial charge in [0.15, 0.2) is 6.10 Å². The van der Waals surface area contributed by atoms with Gasteiger partial charge in [-0.1, -0.05) is 256 Å². The fourth-order valence-corrected chi connectivity index (χ4v) is 7.62. The number of unbranched alkanes of at least 4 members (excludes halogenated alkanes) is 16. The first-order valence-electron chi connectivity index (χ1n) is 30.0. The first-order chi connectivity index (χ1) is 37.0. The molecule has 0 aliphatic rings. The molecule has 1 unspecified atom stereocenters. The van der Waals surface area contributed by atoms with Crippen molar-refractivity contribution in [3.8, 4) is 0 Å². The molecule has 0 fully saturated rings. The summed E-state index contributed by atoms with van der Waals surface area (Å²) >= 11 is 0. The molecule has 0 rings (SSSR count). The van der Waals surface area contributed by atoms with E-state index >= 15 is 0 Å². The molecule has 0 aromatic heterocycles. The lowest BCUT2D eigenvalue weighted by Crippen LogP contribution is -2.30. The number of hydrogen-bond donors (Lipinski definition) is 0. The molecule has 1 atom stereocenters. The summed E-state index contributed by atoms with van der Waals surface area (Å²) in [5, 5.41) is 0. The molecule has 0 spiro atoms. The van der Waals surface area contributed by atoms with Crippen LogP contribution in [0.1, 0.15) is 239 Å². The topological polar surface area (TPSA) is 78.9 Å². The minimum atomic E-state index is -0.858. The van der Waals surface area contributed by atoms with Gasteiger partial charge in [-0.15, -0.1) is 0 Å². The second-order valence-corrected chi connectivity index (χ2v) is 19.2. The number of ether oxygens (including phenoxy) is 3. The molecule has 0 aliphatic heterocycles. The van der Waals surface area contributed by atoms with Gasteiger partial charge in [0.2, 0.25) is 0 Å². The van der Waals surface area contributed by atoms with E-state index in [2.05, 4.69) is 167 Å². The van der Waals surface area contributed by atoms with Crippen LogP contribution in [0.5, 0.6) is 0 Å². The van der Waals surface area contributed by atoms with Gasteiger partial charge in [0.25, 0.3) is 0 Å². The lowest BCUT2D eigenvalue weighted by Gasteiger charge is -2.18. The normalized spacial score (nSPS) is 13.3. The quantitative estimate of drug-likeness (QED) is 0.0261. The third-order valence-electron chi connectivity index (χ3n) is 12.0. The van der Waals surface area contributed by atoms with Gasteiger partial charge in [-0.2, -0.15) is 0 Å². The summed E-state index contributed by atoms with van der Waals surface area (Å²) in [5.74, 6) is -1.14. The summed E-state index contributed by atoms with van der Waals surface area (Å²) in [5.41, 5.74) is 0. The van der Waals surface area contributed by atoms with Gasteiger partial charge in [0, 0.05) is 12.8 Å². The second-order valence-electron chi connectivity index (χ2n) is 19.2. The number of esters is 3. The summed E-state index contributed by atoms with van der Waals surface area (Å²) in [6.07, 6.45) is 89.9. The Morgan fingerprint density at radius 3 is 0.973 bits per heavy atom. The molecule has 0 aromatic rings. The van der Waals surface area contributed by atoms with Crippen LogP contribution in [-0.2, 0) is 28.6 Å². The average molecular weight is 1030 g/mol. The van der Waals surface area contributed by atoms with Gasteiger partial charge in [0.05, 0.1) is 6.42 Å². The largest absolute Gasteiger partial charge is 0.462 e. The van der Waals surface area contributed by atoms with Gasteiger partial charge >= 0.3 is 17.9 Å². The predicted octanol–water partition coefficient (Wildman–Crippen LogP) is 20.5. The molecular formula is C69H108O6. The molecule has 420 valence electrons. The van der Waals surface area contributed by atoms with E-state index < -0.39 is 18.0 Å². The molecule has 0 N–H and O–H groups in total. The van der Waals surface area contributed by atoms with E-state index in [1.54, 1.807) is 6.08 Å². The zero-order valence-electron chi connectivity index (χ0n) is 48.0. The van der Waals surface area contributed by atoms with E-state index in [9.17, 15) is 14.4 Å². The van der Waals surface area contributed by atoms with Gasteiger partial charge in [-0.3, -0.25) is 14.4 Å². The van der Waals surface area contributed by atoms with Crippen molar-refractivity contribution < 1.29 is 28.6 Å². The van der Waals surface area contributed by atoms with Gasteiger partial charge in [-0.05, 0) is 122 Å². The van der Waals surface area contributed by atoms with Crippen molar-refractivity contribution in [1.82, 2.24) is 0 Å². The summed E-state index contributed by atoms with van der Waals surface area (Å²) in [7, 11) is 0. The van der Waals surface area contributed by atoms with Gasteiger partial charge < -0.3 is 14.2 Å². The second kappa shape index (κ2) is 61.6. The number of allylic oxidation sites excluding steroid dienone is 25. The van der Waals surface area contributed by atoms with Gasteiger partial charge in [-0.25, -0.2) is 0 Å². The zero-order valence-corrected chi connectivity index (χ0v) is 48.0. The highest BCUT2D eigenvalue weighted by atomic mass is 16.6. The van der Waals surface area contributed by atoms with Crippen molar-refractivity contribution in [2.24, 2.45) is 0 Å². The van der Waals surface area contributed by atoms with Crippen molar-refractivity contribution in [2.45, 2.75) is 245 Å². The Kier molecular flexibility index (Phi) is 57.5. The van der Waals surface area contributed by atoms with Crippen LogP contribution in [0.4, 0.5) is 0 Å². The monoisotopic (exact) mass is 1030 g/mol. The Bertz CT molecular complexity index is 1710. The van der Waals surface area contributed by atoms with Crippen molar-refractivity contribution in [1.29, 1.82) is 0 Å². The Balaban J connectivity index is 4.52. The van der Waals surface area contributed by atoms with E-state index in [-0.39, 0.29) is 32.0 Å². The maximum absolute atomic E-state index is 12.8. The third-order valence-corrected chi connectivity index (χ3v) is 12.0. The number of carbonyl (C=O) groups is 3. The fourth-order valence-electron chi connectivity index (χ4n) is 7.62. The van der Waals surface area contributed by atoms with Crippen LogP contribution in [0.15, 0.2) is 158 Å². The van der Waals surface area contributed by atoms with Crippen molar-refractivity contribution in [3.63, 3.8) is 0 Å². The molecular weight excluding hydrogens is 925 g/mol. The lowest BCUT2D eigenvalue weighted by molar-refractivity contribution is -0.166. The standard InChI is InChI=1S/C69H108O6/c1-4-7-10-13-16-19-22-25-28-30-31-32-33-34-35-36-37-39-41-44-47-50-53-56-59-62-68(71)74-65-66(64-73-67(70)61-58-55-52-49-46-43-40-27-24-21-18-15-12-9-6-3)75-69(72)63-60-57-54-51-48-45-42-38-29-26-23-20-17-14-11-8-5-2/h8-9,11-12,17-18,20-22,25-27,29-31,33-34,40,42,45-46,49,51,54-55,58,66H,4-7,10,13-16,19,23-24,28,32,35-39,41,43-44,47-48,50,52-53,56-57,59-65H2,1-3H3/b11-8-,12-9-,20-17-,21-18-,25-22-,29-26-,31-30-,34-33-,40-27-,45-42-,49-46-,54-51-,58-55-. The average Bonchev–Trinajstić information content (AvgIpc) is 3.41. The predicted molar refractivity (Wildman–Crippen MR) is 325 cm³/mol. The maximum atomic E-state index is 12.8. The molecule has 0 amide bonds. The first-order valence-corrected chi connectivity index (χ1v) is 30.0. The molecule has 0 saturated heterocycles. The molecule has 0 aliphatic carbocycles. The lowest BCUT2D eigenvalue weighted by atomic mass is 10.1. The van der Waals surface area contributed by atoms with Crippen molar-refractivity contribution in [3.05, 3.63) is 158 Å². The summed E-state index contributed by atoms with van der Waals surface area (Å²) < 4.78 is 16.7. The van der Waals surface area contributed by atoms with E-state index in [4.69, 9.17) is 14.2 Å². The molecule has 0 saturated carbocycles. The Hall–Kier alpha value is -4.97. The zero-order chi connectivity index (χ0) is 54.3. The molecule has 0 bridgehead atoms. The molecule has 75 heavy (non-hydrogen) atoms. The van der Waals surface area contributed by atoms with Crippen LogP contribution >= 0.6 is 0 Å². The van der Waals surface area contributed by atoms with Crippen molar-refractivity contribution >= 4 is 17.9 Å². The SMILES string of the molecule is CC/C=C\C/C=C\C/C=C\C/C=C\C/C=C\CCCC(=O)OC(COC(=O)C/C=C\C/C=C\C/C=C\C/C=C\C/C=C\CC)COC(=O)CCCCCCCCCCCC/C=C\C/C=C\C/C=C\CCCCCCC. The summed E-state index contributed by atoms with van der Waals surface area (Å²) in [4.78, 5) is 38.1. The molecule has 0 radical (unpaired) electrons. The Morgan fingerprint density at radius 2 is 0.587 bits per heavy atom. The Labute approximate surface area is 460 Å². The molecule has 6 nitrogen and oxygen atoms in total. The maximum Gasteiger partial charge on any atom is 0.309 e. The van der Waals surface area contributed by atoms with Crippen LogP contribution in [-0.4, -0.2) is 37.2 Å². The highest BCUT2D eigenvalue weighted by molar-refractivity contribution is 5.72. The molecule has 0 heterocycles. The third kappa shape index (κ3) is 59.8. The number of hydrogen-bond acceptors (Lipinski definition) is 6. The fraction of sp³-hybridized carbons (Fsp3) is 0.580. The Morgan fingerprint density at radius 1 is 0.293 bits per heavy atom. The number of rotatable bonds is 52. The van der Waals surface area contributed by atoms with Crippen LogP contribution in [0.25, 0.3) is 0 Å².